The normalized spacial score (nSPS) is 13.2. The van der Waals surface area contributed by atoms with E-state index in [0.717, 1.165) is 17.1 Å². The summed E-state index contributed by atoms with van der Waals surface area (Å²) in [7, 11) is 0. The number of ether oxygens (including phenoxy) is 2. The molecule has 0 bridgehead atoms. The van der Waals surface area contributed by atoms with Crippen molar-refractivity contribution in [2.75, 3.05) is 0 Å². The Hall–Kier alpha value is -1.44. The van der Waals surface area contributed by atoms with Crippen molar-refractivity contribution in [1.82, 2.24) is 0 Å². The van der Waals surface area contributed by atoms with Gasteiger partial charge in [0.1, 0.15) is 6.26 Å². The summed E-state index contributed by atoms with van der Waals surface area (Å²) in [6.07, 6.45) is 3.92. The number of benzene rings is 1. The Kier molecular flexibility index (Phi) is 1.32. The van der Waals surface area contributed by atoms with Crippen molar-refractivity contribution in [2.45, 2.75) is 6.92 Å². The molecule has 2 rings (SSSR count). The summed E-state index contributed by atoms with van der Waals surface area (Å²) >= 11 is 0. The van der Waals surface area contributed by atoms with Gasteiger partial charge in [0, 0.05) is 0 Å². The van der Waals surface area contributed by atoms with Crippen molar-refractivity contribution in [1.29, 1.82) is 0 Å². The third-order valence-electron chi connectivity index (χ3n) is 1.50. The van der Waals surface area contributed by atoms with E-state index in [4.69, 9.17) is 9.47 Å². The lowest BCUT2D eigenvalue weighted by Gasteiger charge is -2.10. The predicted octanol–water partition coefficient (Wildman–Crippen LogP) is 2.04. The second-order valence-electron chi connectivity index (χ2n) is 2.41. The fourth-order valence-corrected chi connectivity index (χ4v) is 0.967. The van der Waals surface area contributed by atoms with Crippen LogP contribution in [-0.2, 0) is 0 Å². The summed E-state index contributed by atoms with van der Waals surface area (Å²) in [6.45, 7) is 2.01. The highest BCUT2D eigenvalue weighted by Crippen LogP contribution is 2.30. The highest BCUT2D eigenvalue weighted by atomic mass is 16.5. The lowest BCUT2D eigenvalue weighted by atomic mass is 10.2. The maximum absolute atomic E-state index is 5.14. The molecule has 0 unspecified atom stereocenters. The van der Waals surface area contributed by atoms with Gasteiger partial charge in [-0.2, -0.15) is 0 Å². The molecule has 11 heavy (non-hydrogen) atoms. The average Bonchev–Trinajstić information content (AvgIpc) is 2.04. The third-order valence-corrected chi connectivity index (χ3v) is 1.50. The molecule has 0 aliphatic carbocycles. The van der Waals surface area contributed by atoms with Crippen molar-refractivity contribution in [2.24, 2.45) is 0 Å². The van der Waals surface area contributed by atoms with Crippen LogP contribution in [0.1, 0.15) is 5.56 Å². The van der Waals surface area contributed by atoms with Gasteiger partial charge in [-0.15, -0.1) is 0 Å². The number of hydrogen-bond donors (Lipinski definition) is 0. The fraction of sp³-hybridized carbons (Fsp3) is 0.111. The van der Waals surface area contributed by atoms with Crippen molar-refractivity contribution in [3.8, 4) is 11.5 Å². The smallest absolute Gasteiger partial charge is 0.208 e. The zero-order chi connectivity index (χ0) is 7.68. The first-order valence-corrected chi connectivity index (χ1v) is 3.37. The standard InChI is InChI=1S/C9H7O2/c1-7-2-3-8-9(6-7)11-5-4-10-8/h2-3,5-6H,1H3. The molecule has 0 N–H and O–H groups in total. The minimum atomic E-state index is 0.720. The summed E-state index contributed by atoms with van der Waals surface area (Å²) in [5.41, 5.74) is 1.16. The van der Waals surface area contributed by atoms with Crippen LogP contribution in [-0.4, -0.2) is 0 Å². The number of rotatable bonds is 0. The van der Waals surface area contributed by atoms with Crippen LogP contribution in [0, 0.1) is 13.2 Å². The van der Waals surface area contributed by atoms with Gasteiger partial charge in [-0.05, 0) is 24.6 Å². The van der Waals surface area contributed by atoms with E-state index in [2.05, 4.69) is 6.26 Å². The Morgan fingerprint density at radius 2 is 2.18 bits per heavy atom. The Labute approximate surface area is 65.1 Å². The van der Waals surface area contributed by atoms with E-state index in [1.807, 2.05) is 25.1 Å². The van der Waals surface area contributed by atoms with Gasteiger partial charge in [-0.25, -0.2) is 0 Å². The predicted molar refractivity (Wildman–Crippen MR) is 40.2 cm³/mol. The summed E-state index contributed by atoms with van der Waals surface area (Å²) in [6, 6.07) is 5.76. The molecule has 0 saturated carbocycles. The maximum atomic E-state index is 5.14. The third kappa shape index (κ3) is 1.07. The van der Waals surface area contributed by atoms with E-state index in [-0.39, 0.29) is 0 Å². The van der Waals surface area contributed by atoms with Gasteiger partial charge in [0.25, 0.3) is 0 Å². The summed E-state index contributed by atoms with van der Waals surface area (Å²) in [5, 5.41) is 0. The number of hydrogen-bond acceptors (Lipinski definition) is 2. The first-order chi connectivity index (χ1) is 5.36. The van der Waals surface area contributed by atoms with Crippen molar-refractivity contribution in [3.63, 3.8) is 0 Å². The van der Waals surface area contributed by atoms with E-state index < -0.39 is 0 Å². The second kappa shape index (κ2) is 2.31. The van der Waals surface area contributed by atoms with E-state index in [0.29, 0.717) is 0 Å². The monoisotopic (exact) mass is 147 g/mol. The van der Waals surface area contributed by atoms with E-state index >= 15 is 0 Å². The molecule has 0 atom stereocenters. The highest BCUT2D eigenvalue weighted by Gasteiger charge is 2.06. The van der Waals surface area contributed by atoms with Gasteiger partial charge in [-0.1, -0.05) is 6.07 Å². The van der Waals surface area contributed by atoms with E-state index in [9.17, 15) is 0 Å². The molecule has 1 aliphatic rings. The lowest BCUT2D eigenvalue weighted by Crippen LogP contribution is -1.96. The molecule has 1 radical (unpaired) electrons. The Morgan fingerprint density at radius 3 is 3.09 bits per heavy atom. The van der Waals surface area contributed by atoms with Gasteiger partial charge in [-0.3, -0.25) is 0 Å². The van der Waals surface area contributed by atoms with Crippen LogP contribution in [0.5, 0.6) is 11.5 Å². The van der Waals surface area contributed by atoms with Crippen LogP contribution in [0.25, 0.3) is 0 Å². The summed E-state index contributed by atoms with van der Waals surface area (Å²) in [5.74, 6) is 1.47. The quantitative estimate of drug-likeness (QED) is 0.559. The maximum Gasteiger partial charge on any atom is 0.208 e. The SMILES string of the molecule is Cc1ccc2c(c1)OC=[C]O2. The van der Waals surface area contributed by atoms with Crippen molar-refractivity contribution in [3.05, 3.63) is 36.3 Å². The molecule has 1 aromatic rings. The molecular weight excluding hydrogens is 140 g/mol. The minimum absolute atomic E-state index is 0.720. The minimum Gasteiger partial charge on any atom is -0.457 e. The molecule has 55 valence electrons. The topological polar surface area (TPSA) is 18.5 Å². The van der Waals surface area contributed by atoms with Crippen LogP contribution >= 0.6 is 0 Å². The molecule has 0 amide bonds. The molecule has 0 aromatic heterocycles. The van der Waals surface area contributed by atoms with Gasteiger partial charge >= 0.3 is 0 Å². The number of fused-ring (bicyclic) bond motifs is 1. The molecule has 0 spiro atoms. The largest absolute Gasteiger partial charge is 0.457 e. The first-order valence-electron chi connectivity index (χ1n) is 3.37. The van der Waals surface area contributed by atoms with Crippen LogP contribution < -0.4 is 9.47 Å². The zero-order valence-electron chi connectivity index (χ0n) is 6.13. The fourth-order valence-electron chi connectivity index (χ4n) is 0.967. The van der Waals surface area contributed by atoms with Gasteiger partial charge in [0.15, 0.2) is 11.5 Å². The van der Waals surface area contributed by atoms with Crippen LogP contribution in [0.15, 0.2) is 24.5 Å². The highest BCUT2D eigenvalue weighted by molar-refractivity contribution is 5.43. The molecule has 1 heterocycles. The zero-order valence-corrected chi connectivity index (χ0v) is 6.13. The molecule has 2 heteroatoms. The molecule has 2 nitrogen and oxygen atoms in total. The molecule has 0 fully saturated rings. The van der Waals surface area contributed by atoms with Crippen molar-refractivity contribution < 1.29 is 9.47 Å². The van der Waals surface area contributed by atoms with E-state index in [1.165, 1.54) is 6.26 Å². The Balaban J connectivity index is 2.48. The number of aryl methyl sites for hydroxylation is 1. The van der Waals surface area contributed by atoms with Crippen LogP contribution in [0.3, 0.4) is 0 Å². The van der Waals surface area contributed by atoms with Crippen LogP contribution in [0.2, 0.25) is 0 Å². The van der Waals surface area contributed by atoms with Gasteiger partial charge < -0.3 is 9.47 Å². The van der Waals surface area contributed by atoms with Crippen molar-refractivity contribution >= 4 is 0 Å². The molecule has 1 aromatic carbocycles. The second-order valence-corrected chi connectivity index (χ2v) is 2.41. The van der Waals surface area contributed by atoms with Gasteiger partial charge in [0.2, 0.25) is 6.26 Å². The van der Waals surface area contributed by atoms with Crippen LogP contribution in [0.4, 0.5) is 0 Å². The summed E-state index contributed by atoms with van der Waals surface area (Å²) < 4.78 is 10.2. The lowest BCUT2D eigenvalue weighted by molar-refractivity contribution is 0.343. The van der Waals surface area contributed by atoms with Gasteiger partial charge in [0.05, 0.1) is 0 Å². The molecular formula is C9H7O2. The average molecular weight is 147 g/mol. The molecule has 1 aliphatic heterocycles. The summed E-state index contributed by atoms with van der Waals surface area (Å²) in [4.78, 5) is 0. The first kappa shape index (κ1) is 6.28. The van der Waals surface area contributed by atoms with E-state index in [1.54, 1.807) is 0 Å². The Bertz CT molecular complexity index is 302. The Morgan fingerprint density at radius 1 is 1.27 bits per heavy atom. The molecule has 0 saturated heterocycles.